The van der Waals surface area contributed by atoms with Gasteiger partial charge in [-0.3, -0.25) is 0 Å². The lowest BCUT2D eigenvalue weighted by Gasteiger charge is -1.87. The minimum absolute atomic E-state index is 0.816. The van der Waals surface area contributed by atoms with Crippen LogP contribution in [0.1, 0.15) is 5.76 Å². The second-order valence-corrected chi connectivity index (χ2v) is 3.50. The van der Waals surface area contributed by atoms with E-state index in [0.29, 0.717) is 0 Å². The molecule has 0 aliphatic carbocycles. The van der Waals surface area contributed by atoms with Crippen molar-refractivity contribution in [3.63, 3.8) is 0 Å². The van der Waals surface area contributed by atoms with E-state index in [-0.39, 0.29) is 0 Å². The normalized spacial score (nSPS) is 11.0. The van der Waals surface area contributed by atoms with Gasteiger partial charge in [-0.1, -0.05) is 6.07 Å². The molecule has 3 nitrogen and oxygen atoms in total. The Bertz CT molecular complexity index is 574. The van der Waals surface area contributed by atoms with Gasteiger partial charge in [0.05, 0.1) is 0 Å². The minimum atomic E-state index is 0.816. The lowest BCUT2D eigenvalue weighted by atomic mass is 10.3. The molecule has 3 heterocycles. The van der Waals surface area contributed by atoms with Crippen molar-refractivity contribution in [3.05, 3.63) is 48.5 Å². The summed E-state index contributed by atoms with van der Waals surface area (Å²) >= 11 is 0. The van der Waals surface area contributed by atoms with Gasteiger partial charge in [-0.2, -0.15) is 0 Å². The molecule has 3 heteroatoms. The van der Waals surface area contributed by atoms with E-state index in [1.807, 2.05) is 54.0 Å². The highest BCUT2D eigenvalue weighted by atomic mass is 16.3. The maximum absolute atomic E-state index is 5.52. The first-order valence-corrected chi connectivity index (χ1v) is 4.83. The van der Waals surface area contributed by atoms with Crippen molar-refractivity contribution in [1.29, 1.82) is 0 Å². The van der Waals surface area contributed by atoms with E-state index in [1.165, 1.54) is 0 Å². The third-order valence-corrected chi connectivity index (χ3v) is 2.36. The predicted octanol–water partition coefficient (Wildman–Crippen LogP) is 2.90. The number of aryl methyl sites for hydroxylation is 1. The molecule has 0 spiro atoms. The highest BCUT2D eigenvalue weighted by molar-refractivity contribution is 5.57. The van der Waals surface area contributed by atoms with E-state index in [0.717, 1.165) is 22.9 Å². The Kier molecular flexibility index (Phi) is 1.65. The lowest BCUT2D eigenvalue weighted by Crippen LogP contribution is -1.77. The van der Waals surface area contributed by atoms with Crippen molar-refractivity contribution in [3.8, 4) is 11.5 Å². The highest BCUT2D eigenvalue weighted by Gasteiger charge is 2.06. The molecule has 0 amide bonds. The molecule has 0 radical (unpaired) electrons. The number of hydrogen-bond acceptors (Lipinski definition) is 2. The standard InChI is InChI=1S/C12H10N2O/c1-9-5-6-11(15-9)10-8-14-7-3-2-4-12(14)13-10/h2-8H,1H3. The fraction of sp³-hybridized carbons (Fsp3) is 0.0833. The average Bonchev–Trinajstić information content (AvgIpc) is 2.82. The Balaban J connectivity index is 2.19. The first-order chi connectivity index (χ1) is 7.33. The summed E-state index contributed by atoms with van der Waals surface area (Å²) < 4.78 is 7.50. The molecule has 3 aromatic rings. The minimum Gasteiger partial charge on any atom is -0.460 e. The highest BCUT2D eigenvalue weighted by Crippen LogP contribution is 2.21. The largest absolute Gasteiger partial charge is 0.460 e. The monoisotopic (exact) mass is 198 g/mol. The maximum atomic E-state index is 5.52. The number of furan rings is 1. The zero-order chi connectivity index (χ0) is 10.3. The second kappa shape index (κ2) is 2.98. The molecule has 0 saturated carbocycles. The lowest BCUT2D eigenvalue weighted by molar-refractivity contribution is 0.547. The summed E-state index contributed by atoms with van der Waals surface area (Å²) in [5, 5.41) is 0. The zero-order valence-corrected chi connectivity index (χ0v) is 8.34. The third kappa shape index (κ3) is 1.32. The number of rotatable bonds is 1. The number of pyridine rings is 1. The van der Waals surface area contributed by atoms with E-state index in [4.69, 9.17) is 4.42 Å². The molecule has 0 unspecified atom stereocenters. The van der Waals surface area contributed by atoms with Crippen LogP contribution in [0.5, 0.6) is 0 Å². The molecule has 0 atom stereocenters. The van der Waals surface area contributed by atoms with Crippen LogP contribution in [0.2, 0.25) is 0 Å². The van der Waals surface area contributed by atoms with Gasteiger partial charge in [-0.25, -0.2) is 4.98 Å². The molecule has 0 saturated heterocycles. The molecule has 0 fully saturated rings. The number of fused-ring (bicyclic) bond motifs is 1. The number of hydrogen-bond donors (Lipinski definition) is 0. The van der Waals surface area contributed by atoms with Crippen molar-refractivity contribution in [2.45, 2.75) is 6.92 Å². The van der Waals surface area contributed by atoms with Crippen molar-refractivity contribution in [1.82, 2.24) is 9.38 Å². The summed E-state index contributed by atoms with van der Waals surface area (Å²) in [6.07, 6.45) is 3.94. The van der Waals surface area contributed by atoms with Gasteiger partial charge < -0.3 is 8.82 Å². The van der Waals surface area contributed by atoms with E-state index in [1.54, 1.807) is 0 Å². The predicted molar refractivity (Wildman–Crippen MR) is 57.6 cm³/mol. The Morgan fingerprint density at radius 3 is 2.87 bits per heavy atom. The van der Waals surface area contributed by atoms with Crippen LogP contribution in [0, 0.1) is 6.92 Å². The van der Waals surface area contributed by atoms with Gasteiger partial charge in [0.15, 0.2) is 5.76 Å². The van der Waals surface area contributed by atoms with Crippen molar-refractivity contribution < 1.29 is 4.42 Å². The molecular formula is C12H10N2O. The first-order valence-electron chi connectivity index (χ1n) is 4.83. The molecule has 3 rings (SSSR count). The molecular weight excluding hydrogens is 188 g/mol. The summed E-state index contributed by atoms with van der Waals surface area (Å²) in [4.78, 5) is 4.47. The molecule has 0 aliphatic rings. The Hall–Kier alpha value is -2.03. The molecule has 0 aromatic carbocycles. The second-order valence-electron chi connectivity index (χ2n) is 3.50. The van der Waals surface area contributed by atoms with Crippen LogP contribution < -0.4 is 0 Å². The van der Waals surface area contributed by atoms with Crippen LogP contribution in [-0.2, 0) is 0 Å². The average molecular weight is 198 g/mol. The maximum Gasteiger partial charge on any atom is 0.154 e. The SMILES string of the molecule is Cc1ccc(-c2cn3ccccc3n2)o1. The molecule has 0 N–H and O–H groups in total. The van der Waals surface area contributed by atoms with E-state index >= 15 is 0 Å². The summed E-state index contributed by atoms with van der Waals surface area (Å²) in [5.74, 6) is 1.72. The summed E-state index contributed by atoms with van der Waals surface area (Å²) in [7, 11) is 0. The van der Waals surface area contributed by atoms with Gasteiger partial charge in [0, 0.05) is 12.4 Å². The number of nitrogens with zero attached hydrogens (tertiary/aromatic N) is 2. The van der Waals surface area contributed by atoms with Gasteiger partial charge in [-0.15, -0.1) is 0 Å². The topological polar surface area (TPSA) is 30.4 Å². The number of aromatic nitrogens is 2. The Labute approximate surface area is 87.0 Å². The summed E-state index contributed by atoms with van der Waals surface area (Å²) in [5.41, 5.74) is 1.80. The third-order valence-electron chi connectivity index (χ3n) is 2.36. The smallest absolute Gasteiger partial charge is 0.154 e. The quantitative estimate of drug-likeness (QED) is 0.601. The van der Waals surface area contributed by atoms with E-state index in [9.17, 15) is 0 Å². The van der Waals surface area contributed by atoms with Crippen LogP contribution >= 0.6 is 0 Å². The van der Waals surface area contributed by atoms with Crippen molar-refractivity contribution in [2.24, 2.45) is 0 Å². The van der Waals surface area contributed by atoms with Crippen LogP contribution in [0.25, 0.3) is 17.1 Å². The Morgan fingerprint density at radius 2 is 2.13 bits per heavy atom. The van der Waals surface area contributed by atoms with Gasteiger partial charge >= 0.3 is 0 Å². The van der Waals surface area contributed by atoms with E-state index in [2.05, 4.69) is 4.98 Å². The van der Waals surface area contributed by atoms with Crippen molar-refractivity contribution in [2.75, 3.05) is 0 Å². The molecule has 3 aromatic heterocycles. The van der Waals surface area contributed by atoms with Crippen molar-refractivity contribution >= 4 is 5.65 Å². The fourth-order valence-corrected chi connectivity index (χ4v) is 1.63. The van der Waals surface area contributed by atoms with Crippen LogP contribution in [0.4, 0.5) is 0 Å². The first kappa shape index (κ1) is 8.29. The number of imidazole rings is 1. The van der Waals surface area contributed by atoms with Gasteiger partial charge in [-0.05, 0) is 31.2 Å². The zero-order valence-electron chi connectivity index (χ0n) is 8.34. The Morgan fingerprint density at radius 1 is 1.20 bits per heavy atom. The molecule has 0 aliphatic heterocycles. The van der Waals surface area contributed by atoms with Gasteiger partial charge in [0.1, 0.15) is 17.1 Å². The van der Waals surface area contributed by atoms with Gasteiger partial charge in [0.2, 0.25) is 0 Å². The van der Waals surface area contributed by atoms with Gasteiger partial charge in [0.25, 0.3) is 0 Å². The summed E-state index contributed by atoms with van der Waals surface area (Å²) in [6.45, 7) is 1.93. The van der Waals surface area contributed by atoms with Crippen LogP contribution in [-0.4, -0.2) is 9.38 Å². The molecule has 0 bridgehead atoms. The fourth-order valence-electron chi connectivity index (χ4n) is 1.63. The van der Waals surface area contributed by atoms with Crippen LogP contribution in [0.3, 0.4) is 0 Å². The van der Waals surface area contributed by atoms with E-state index < -0.39 is 0 Å². The summed E-state index contributed by atoms with van der Waals surface area (Å²) in [6, 6.07) is 9.81. The molecule has 74 valence electrons. The molecule has 15 heavy (non-hydrogen) atoms. The van der Waals surface area contributed by atoms with Crippen LogP contribution in [0.15, 0.2) is 47.1 Å².